The third-order valence-corrected chi connectivity index (χ3v) is 4.44. The van der Waals surface area contributed by atoms with Gasteiger partial charge in [-0.1, -0.05) is 29.8 Å². The zero-order valence-corrected chi connectivity index (χ0v) is 17.4. The molecule has 154 valence electrons. The van der Waals surface area contributed by atoms with Gasteiger partial charge in [0.2, 0.25) is 11.8 Å². The van der Waals surface area contributed by atoms with Gasteiger partial charge in [-0.15, -0.1) is 0 Å². The zero-order chi connectivity index (χ0) is 21.4. The zero-order valence-electron chi connectivity index (χ0n) is 17.4. The van der Waals surface area contributed by atoms with Gasteiger partial charge in [0.1, 0.15) is 0 Å². The van der Waals surface area contributed by atoms with Crippen molar-refractivity contribution in [1.82, 2.24) is 15.1 Å². The van der Waals surface area contributed by atoms with E-state index in [2.05, 4.69) is 10.6 Å². The van der Waals surface area contributed by atoms with Crippen molar-refractivity contribution in [3.8, 4) is 0 Å². The Bertz CT molecular complexity index is 847. The molecule has 0 spiro atoms. The minimum absolute atomic E-state index is 0.0125. The van der Waals surface area contributed by atoms with E-state index in [1.54, 1.807) is 26.2 Å². The summed E-state index contributed by atoms with van der Waals surface area (Å²) in [7, 11) is 5.04. The number of aryl methyl sites for hydroxylation is 1. The molecule has 2 rings (SSSR count). The monoisotopic (exact) mass is 396 g/mol. The topological polar surface area (TPSA) is 81.8 Å². The van der Waals surface area contributed by atoms with Crippen molar-refractivity contribution in [3.63, 3.8) is 0 Å². The summed E-state index contributed by atoms with van der Waals surface area (Å²) in [6.07, 6.45) is 0. The molecule has 7 heteroatoms. The van der Waals surface area contributed by atoms with Crippen LogP contribution in [-0.4, -0.2) is 61.8 Å². The summed E-state index contributed by atoms with van der Waals surface area (Å²) in [5, 5.41) is 5.37. The Hall–Kier alpha value is -3.19. The Kier molecular flexibility index (Phi) is 7.91. The highest BCUT2D eigenvalue weighted by molar-refractivity contribution is 5.95. The van der Waals surface area contributed by atoms with Crippen LogP contribution in [0.25, 0.3) is 0 Å². The lowest BCUT2D eigenvalue weighted by Gasteiger charge is -2.21. The first kappa shape index (κ1) is 22.1. The van der Waals surface area contributed by atoms with E-state index in [1.807, 2.05) is 55.3 Å². The molecule has 0 aliphatic heterocycles. The van der Waals surface area contributed by atoms with Gasteiger partial charge in [0, 0.05) is 31.9 Å². The predicted octanol–water partition coefficient (Wildman–Crippen LogP) is 1.88. The second kappa shape index (κ2) is 10.4. The number of rotatable bonds is 8. The number of nitrogens with zero attached hydrogens (tertiary/aromatic N) is 2. The van der Waals surface area contributed by atoms with E-state index in [0.29, 0.717) is 17.8 Å². The average Bonchev–Trinajstić information content (AvgIpc) is 2.69. The van der Waals surface area contributed by atoms with E-state index in [9.17, 15) is 14.4 Å². The molecular formula is C22H28N4O3. The standard InChI is InChI=1S/C22H28N4O3/c1-16-5-11-19(12-6-16)24-20(27)14-26(4)21(28)15-25(3)13-17-7-9-18(10-8-17)22(29)23-2/h5-12H,13-15H2,1-4H3,(H,23,29)(H,24,27). The summed E-state index contributed by atoms with van der Waals surface area (Å²) in [6, 6.07) is 14.7. The first-order valence-corrected chi connectivity index (χ1v) is 9.38. The number of hydrogen-bond donors (Lipinski definition) is 2. The molecule has 0 aliphatic carbocycles. The van der Waals surface area contributed by atoms with Crippen molar-refractivity contribution >= 4 is 23.4 Å². The lowest BCUT2D eigenvalue weighted by Crippen LogP contribution is -2.40. The molecule has 3 amide bonds. The van der Waals surface area contributed by atoms with E-state index in [4.69, 9.17) is 0 Å². The molecule has 0 radical (unpaired) electrons. The highest BCUT2D eigenvalue weighted by Crippen LogP contribution is 2.09. The molecule has 0 heterocycles. The van der Waals surface area contributed by atoms with Gasteiger partial charge in [-0.05, 0) is 43.8 Å². The Morgan fingerprint density at radius 3 is 2.10 bits per heavy atom. The normalized spacial score (nSPS) is 10.5. The molecule has 0 aromatic heterocycles. The number of amides is 3. The van der Waals surface area contributed by atoms with Crippen molar-refractivity contribution in [2.24, 2.45) is 0 Å². The van der Waals surface area contributed by atoms with E-state index < -0.39 is 0 Å². The highest BCUT2D eigenvalue weighted by atomic mass is 16.2. The molecule has 0 atom stereocenters. The van der Waals surface area contributed by atoms with Gasteiger partial charge < -0.3 is 15.5 Å². The van der Waals surface area contributed by atoms with Crippen molar-refractivity contribution in [2.45, 2.75) is 13.5 Å². The van der Waals surface area contributed by atoms with Crippen molar-refractivity contribution in [2.75, 3.05) is 39.5 Å². The largest absolute Gasteiger partial charge is 0.355 e. The van der Waals surface area contributed by atoms with Crippen LogP contribution in [0.3, 0.4) is 0 Å². The average molecular weight is 396 g/mol. The Morgan fingerprint density at radius 1 is 0.897 bits per heavy atom. The molecule has 2 N–H and O–H groups in total. The third-order valence-electron chi connectivity index (χ3n) is 4.44. The van der Waals surface area contributed by atoms with Crippen LogP contribution >= 0.6 is 0 Å². The summed E-state index contributed by atoms with van der Waals surface area (Å²) in [4.78, 5) is 39.4. The van der Waals surface area contributed by atoms with Gasteiger partial charge in [0.25, 0.3) is 5.91 Å². The van der Waals surface area contributed by atoms with Crippen LogP contribution in [-0.2, 0) is 16.1 Å². The molecule has 7 nitrogen and oxygen atoms in total. The van der Waals surface area contributed by atoms with Crippen LogP contribution in [0.2, 0.25) is 0 Å². The van der Waals surface area contributed by atoms with Gasteiger partial charge in [0.15, 0.2) is 0 Å². The fraction of sp³-hybridized carbons (Fsp3) is 0.318. The van der Waals surface area contributed by atoms with Crippen molar-refractivity contribution in [3.05, 3.63) is 65.2 Å². The Labute approximate surface area is 171 Å². The summed E-state index contributed by atoms with van der Waals surface area (Å²) in [5.74, 6) is -0.517. The number of carbonyl (C=O) groups excluding carboxylic acids is 3. The van der Waals surface area contributed by atoms with Crippen molar-refractivity contribution in [1.29, 1.82) is 0 Å². The van der Waals surface area contributed by atoms with E-state index in [-0.39, 0.29) is 30.8 Å². The van der Waals surface area contributed by atoms with Crippen molar-refractivity contribution < 1.29 is 14.4 Å². The number of likely N-dealkylation sites (N-methyl/N-ethyl adjacent to an activating group) is 2. The molecule has 0 saturated carbocycles. The third kappa shape index (κ3) is 7.04. The van der Waals surface area contributed by atoms with E-state index >= 15 is 0 Å². The maximum atomic E-state index is 12.4. The quantitative estimate of drug-likeness (QED) is 0.714. The van der Waals surface area contributed by atoms with Crippen LogP contribution in [0.5, 0.6) is 0 Å². The second-order valence-corrected chi connectivity index (χ2v) is 7.11. The summed E-state index contributed by atoms with van der Waals surface area (Å²) < 4.78 is 0. The maximum Gasteiger partial charge on any atom is 0.251 e. The van der Waals surface area contributed by atoms with E-state index in [1.165, 1.54) is 4.90 Å². The molecule has 0 saturated heterocycles. The number of carbonyl (C=O) groups is 3. The maximum absolute atomic E-state index is 12.4. The van der Waals surface area contributed by atoms with E-state index in [0.717, 1.165) is 11.1 Å². The summed E-state index contributed by atoms with van der Waals surface area (Å²) >= 11 is 0. The van der Waals surface area contributed by atoms with Crippen LogP contribution < -0.4 is 10.6 Å². The smallest absolute Gasteiger partial charge is 0.251 e. The van der Waals surface area contributed by atoms with Gasteiger partial charge in [-0.2, -0.15) is 0 Å². The molecule has 2 aromatic carbocycles. The Balaban J connectivity index is 1.81. The molecular weight excluding hydrogens is 368 g/mol. The molecule has 0 unspecified atom stereocenters. The molecule has 0 fully saturated rings. The second-order valence-electron chi connectivity index (χ2n) is 7.11. The van der Waals surface area contributed by atoms with Gasteiger partial charge in [-0.3, -0.25) is 19.3 Å². The SMILES string of the molecule is CNC(=O)c1ccc(CN(C)CC(=O)N(C)CC(=O)Nc2ccc(C)cc2)cc1. The number of benzene rings is 2. The highest BCUT2D eigenvalue weighted by Gasteiger charge is 2.15. The minimum Gasteiger partial charge on any atom is -0.355 e. The molecule has 0 bridgehead atoms. The molecule has 0 aliphatic rings. The number of hydrogen-bond acceptors (Lipinski definition) is 4. The first-order valence-electron chi connectivity index (χ1n) is 9.38. The van der Waals surface area contributed by atoms with Crippen LogP contribution in [0.15, 0.2) is 48.5 Å². The fourth-order valence-electron chi connectivity index (χ4n) is 2.77. The fourth-order valence-corrected chi connectivity index (χ4v) is 2.77. The molecule has 2 aromatic rings. The van der Waals surface area contributed by atoms with Crippen LogP contribution in [0.4, 0.5) is 5.69 Å². The number of nitrogens with one attached hydrogen (secondary N) is 2. The number of anilines is 1. The van der Waals surface area contributed by atoms with Crippen LogP contribution in [0, 0.1) is 6.92 Å². The van der Waals surface area contributed by atoms with Gasteiger partial charge >= 0.3 is 0 Å². The summed E-state index contributed by atoms with van der Waals surface area (Å²) in [5.41, 5.74) is 3.40. The lowest BCUT2D eigenvalue weighted by molar-refractivity contribution is -0.134. The lowest BCUT2D eigenvalue weighted by atomic mass is 10.1. The first-order chi connectivity index (χ1) is 13.8. The van der Waals surface area contributed by atoms with Gasteiger partial charge in [-0.25, -0.2) is 0 Å². The Morgan fingerprint density at radius 2 is 1.52 bits per heavy atom. The van der Waals surface area contributed by atoms with Gasteiger partial charge in [0.05, 0.1) is 13.1 Å². The molecule has 29 heavy (non-hydrogen) atoms. The summed E-state index contributed by atoms with van der Waals surface area (Å²) in [6.45, 7) is 2.71. The van der Waals surface area contributed by atoms with Crippen LogP contribution in [0.1, 0.15) is 21.5 Å². The predicted molar refractivity (Wildman–Crippen MR) is 114 cm³/mol. The minimum atomic E-state index is -0.239.